The summed E-state index contributed by atoms with van der Waals surface area (Å²) in [5.74, 6) is -1.30. The van der Waals surface area contributed by atoms with Gasteiger partial charge in [0.2, 0.25) is 10.0 Å². The summed E-state index contributed by atoms with van der Waals surface area (Å²) < 4.78 is 75.0. The Kier molecular flexibility index (Phi) is 4.30. The fourth-order valence-corrected chi connectivity index (χ4v) is 2.27. The average Bonchev–Trinajstić information content (AvgIpc) is 2.25. The van der Waals surface area contributed by atoms with Crippen LogP contribution in [0.2, 0.25) is 0 Å². The fourth-order valence-electron chi connectivity index (χ4n) is 1.14. The zero-order valence-electron chi connectivity index (χ0n) is 8.83. The lowest BCUT2D eigenvalue weighted by Crippen LogP contribution is -2.27. The first-order chi connectivity index (χ1) is 8.18. The van der Waals surface area contributed by atoms with Crippen LogP contribution in [0.4, 0.5) is 17.6 Å². The van der Waals surface area contributed by atoms with Crippen molar-refractivity contribution in [2.45, 2.75) is 11.1 Å². The first-order valence-corrected chi connectivity index (χ1v) is 6.14. The number of alkyl halides is 3. The number of hydrogen-bond acceptors (Lipinski definition) is 3. The maximum absolute atomic E-state index is 13.2. The van der Waals surface area contributed by atoms with Crippen LogP contribution in [0, 0.1) is 5.82 Å². The van der Waals surface area contributed by atoms with Crippen molar-refractivity contribution in [1.29, 1.82) is 0 Å². The highest BCUT2D eigenvalue weighted by molar-refractivity contribution is 7.89. The molecule has 0 heterocycles. The molecule has 0 amide bonds. The predicted octanol–water partition coefficient (Wildman–Crippen LogP) is 1.12. The van der Waals surface area contributed by atoms with Gasteiger partial charge < -0.3 is 5.11 Å². The molecule has 0 aliphatic carbocycles. The maximum Gasteiger partial charge on any atom is 0.416 e. The van der Waals surface area contributed by atoms with E-state index in [0.29, 0.717) is 12.1 Å². The number of hydrogen-bond donors (Lipinski definition) is 2. The minimum absolute atomic E-state index is 0.203. The van der Waals surface area contributed by atoms with Crippen LogP contribution in [0.1, 0.15) is 5.56 Å². The third-order valence-electron chi connectivity index (χ3n) is 1.95. The van der Waals surface area contributed by atoms with Gasteiger partial charge in [-0.2, -0.15) is 13.2 Å². The van der Waals surface area contributed by atoms with Crippen LogP contribution in [-0.4, -0.2) is 26.7 Å². The van der Waals surface area contributed by atoms with E-state index in [1.807, 2.05) is 0 Å². The summed E-state index contributed by atoms with van der Waals surface area (Å²) >= 11 is 0. The molecule has 0 radical (unpaired) electrons. The zero-order chi connectivity index (χ0) is 14.0. The van der Waals surface area contributed by atoms with Gasteiger partial charge in [0.25, 0.3) is 0 Å². The van der Waals surface area contributed by atoms with Crippen LogP contribution >= 0.6 is 0 Å². The van der Waals surface area contributed by atoms with Crippen molar-refractivity contribution in [2.75, 3.05) is 13.2 Å². The fraction of sp³-hybridized carbons (Fsp3) is 0.333. The normalized spacial score (nSPS) is 12.7. The monoisotopic (exact) mass is 287 g/mol. The van der Waals surface area contributed by atoms with E-state index in [9.17, 15) is 26.0 Å². The molecular weight excluding hydrogens is 278 g/mol. The van der Waals surface area contributed by atoms with Gasteiger partial charge in [0.15, 0.2) is 0 Å². The van der Waals surface area contributed by atoms with Crippen molar-refractivity contribution in [3.8, 4) is 0 Å². The van der Waals surface area contributed by atoms with Gasteiger partial charge >= 0.3 is 6.18 Å². The lowest BCUT2D eigenvalue weighted by Gasteiger charge is -2.10. The maximum atomic E-state index is 13.2. The molecule has 1 rings (SSSR count). The van der Waals surface area contributed by atoms with E-state index in [1.165, 1.54) is 0 Å². The van der Waals surface area contributed by atoms with Gasteiger partial charge in [0.05, 0.1) is 12.2 Å². The Bertz CT molecular complexity index is 527. The number of nitrogens with one attached hydrogen (secondary N) is 1. The SMILES string of the molecule is O=S(=O)(NCCO)c1cc(C(F)(F)F)ccc1F. The molecule has 0 aliphatic rings. The molecule has 2 N–H and O–H groups in total. The van der Waals surface area contributed by atoms with Crippen molar-refractivity contribution in [2.24, 2.45) is 0 Å². The van der Waals surface area contributed by atoms with Crippen molar-refractivity contribution in [3.63, 3.8) is 0 Å². The van der Waals surface area contributed by atoms with Crippen LogP contribution in [-0.2, 0) is 16.2 Å². The van der Waals surface area contributed by atoms with E-state index >= 15 is 0 Å². The summed E-state index contributed by atoms with van der Waals surface area (Å²) in [5, 5.41) is 8.43. The van der Waals surface area contributed by atoms with Gasteiger partial charge in [-0.05, 0) is 18.2 Å². The van der Waals surface area contributed by atoms with E-state index in [0.717, 1.165) is 0 Å². The molecule has 0 fully saturated rings. The second-order valence-electron chi connectivity index (χ2n) is 3.26. The Labute approximate surface area is 100 Å². The summed E-state index contributed by atoms with van der Waals surface area (Å²) in [4.78, 5) is -1.11. The molecule has 0 unspecified atom stereocenters. The Morgan fingerprint density at radius 3 is 2.39 bits per heavy atom. The molecule has 0 spiro atoms. The third kappa shape index (κ3) is 3.40. The largest absolute Gasteiger partial charge is 0.416 e. The summed E-state index contributed by atoms with van der Waals surface area (Å²) in [7, 11) is -4.42. The highest BCUT2D eigenvalue weighted by Crippen LogP contribution is 2.31. The van der Waals surface area contributed by atoms with Gasteiger partial charge in [0, 0.05) is 6.54 Å². The number of aliphatic hydroxyl groups excluding tert-OH is 1. The highest BCUT2D eigenvalue weighted by Gasteiger charge is 2.32. The van der Waals surface area contributed by atoms with Gasteiger partial charge in [0.1, 0.15) is 10.7 Å². The molecule has 4 nitrogen and oxygen atoms in total. The minimum Gasteiger partial charge on any atom is -0.395 e. The van der Waals surface area contributed by atoms with E-state index < -0.39 is 45.6 Å². The van der Waals surface area contributed by atoms with Crippen LogP contribution in [0.25, 0.3) is 0 Å². The number of benzene rings is 1. The van der Waals surface area contributed by atoms with E-state index in [2.05, 4.69) is 0 Å². The van der Waals surface area contributed by atoms with Crippen molar-refractivity contribution < 1.29 is 31.1 Å². The molecule has 18 heavy (non-hydrogen) atoms. The first kappa shape index (κ1) is 14.9. The zero-order valence-corrected chi connectivity index (χ0v) is 9.65. The van der Waals surface area contributed by atoms with Gasteiger partial charge in [-0.1, -0.05) is 0 Å². The molecule has 0 saturated heterocycles. The van der Waals surface area contributed by atoms with Crippen molar-refractivity contribution in [1.82, 2.24) is 4.72 Å². The number of halogens is 4. The second-order valence-corrected chi connectivity index (χ2v) is 5.00. The molecule has 0 bridgehead atoms. The lowest BCUT2D eigenvalue weighted by atomic mass is 10.2. The molecule has 0 atom stereocenters. The smallest absolute Gasteiger partial charge is 0.395 e. The summed E-state index contributed by atoms with van der Waals surface area (Å²) in [6, 6.07) is 1.08. The summed E-state index contributed by atoms with van der Waals surface area (Å²) in [6.07, 6.45) is -4.77. The molecule has 1 aromatic rings. The molecule has 0 aliphatic heterocycles. The molecule has 0 saturated carbocycles. The standard InChI is InChI=1S/C9H9F4NO3S/c10-7-2-1-6(9(11,12)13)5-8(7)18(16,17)14-3-4-15/h1-2,5,14-15H,3-4H2. The van der Waals surface area contributed by atoms with Crippen LogP contribution < -0.4 is 4.72 Å². The van der Waals surface area contributed by atoms with Crippen molar-refractivity contribution in [3.05, 3.63) is 29.6 Å². The number of rotatable bonds is 4. The summed E-state index contributed by atoms with van der Waals surface area (Å²) in [6.45, 7) is -0.974. The van der Waals surface area contributed by atoms with Crippen molar-refractivity contribution >= 4 is 10.0 Å². The van der Waals surface area contributed by atoms with Crippen LogP contribution in [0.3, 0.4) is 0 Å². The quantitative estimate of drug-likeness (QED) is 0.815. The molecule has 102 valence electrons. The Morgan fingerprint density at radius 1 is 1.28 bits per heavy atom. The van der Waals surface area contributed by atoms with E-state index in [-0.39, 0.29) is 6.07 Å². The number of aliphatic hydroxyl groups is 1. The van der Waals surface area contributed by atoms with Gasteiger partial charge in [-0.15, -0.1) is 0 Å². The second kappa shape index (κ2) is 5.21. The topological polar surface area (TPSA) is 66.4 Å². The van der Waals surface area contributed by atoms with E-state index in [4.69, 9.17) is 5.11 Å². The third-order valence-corrected chi connectivity index (χ3v) is 3.43. The predicted molar refractivity (Wildman–Crippen MR) is 53.7 cm³/mol. The highest BCUT2D eigenvalue weighted by atomic mass is 32.2. The first-order valence-electron chi connectivity index (χ1n) is 4.66. The van der Waals surface area contributed by atoms with Gasteiger partial charge in [-0.3, -0.25) is 0 Å². The Hall–Kier alpha value is -1.19. The molecular formula is C9H9F4NO3S. The van der Waals surface area contributed by atoms with Gasteiger partial charge in [-0.25, -0.2) is 17.5 Å². The van der Waals surface area contributed by atoms with Crippen LogP contribution in [0.15, 0.2) is 23.1 Å². The minimum atomic E-state index is -4.77. The molecule has 0 aromatic heterocycles. The average molecular weight is 287 g/mol. The molecule has 1 aromatic carbocycles. The number of sulfonamides is 1. The Balaban J connectivity index is 3.24. The van der Waals surface area contributed by atoms with Crippen LogP contribution in [0.5, 0.6) is 0 Å². The summed E-state index contributed by atoms with van der Waals surface area (Å²) in [5.41, 5.74) is -1.27. The lowest BCUT2D eigenvalue weighted by molar-refractivity contribution is -0.137. The van der Waals surface area contributed by atoms with E-state index in [1.54, 1.807) is 4.72 Å². The Morgan fingerprint density at radius 2 is 1.89 bits per heavy atom. The molecule has 9 heteroatoms.